The molecule has 33 heavy (non-hydrogen) atoms. The summed E-state index contributed by atoms with van der Waals surface area (Å²) in [7, 11) is 0. The fourth-order valence-electron chi connectivity index (χ4n) is 4.31. The maximum Gasteiger partial charge on any atom is 0.317 e. The van der Waals surface area contributed by atoms with E-state index < -0.39 is 0 Å². The molecule has 1 aliphatic rings. The Hall–Kier alpha value is -3.61. The van der Waals surface area contributed by atoms with Crippen molar-refractivity contribution in [3.05, 3.63) is 89.5 Å². The van der Waals surface area contributed by atoms with E-state index in [0.29, 0.717) is 11.7 Å². The van der Waals surface area contributed by atoms with E-state index in [0.717, 1.165) is 37.1 Å². The molecule has 3 amide bonds. The van der Waals surface area contributed by atoms with Crippen molar-refractivity contribution in [1.82, 2.24) is 25.5 Å². The van der Waals surface area contributed by atoms with E-state index in [1.54, 1.807) is 12.4 Å². The summed E-state index contributed by atoms with van der Waals surface area (Å²) in [5.41, 5.74) is 3.43. The number of benzene rings is 2. The van der Waals surface area contributed by atoms with Gasteiger partial charge in [0.05, 0.1) is 12.1 Å². The molecule has 0 saturated carbocycles. The molecule has 0 spiro atoms. The van der Waals surface area contributed by atoms with Crippen LogP contribution in [0, 0.1) is 0 Å². The topological polar surface area (TPSA) is 90.1 Å². The second kappa shape index (κ2) is 10.3. The number of rotatable bonds is 6. The van der Waals surface area contributed by atoms with E-state index in [4.69, 9.17) is 0 Å². The molecule has 172 valence electrons. The minimum atomic E-state index is -0.219. The Labute approximate surface area is 194 Å². The van der Waals surface area contributed by atoms with Crippen LogP contribution in [0.15, 0.2) is 67.0 Å². The van der Waals surface area contributed by atoms with Gasteiger partial charge in [-0.3, -0.25) is 4.79 Å². The summed E-state index contributed by atoms with van der Waals surface area (Å²) in [5.74, 6) is 0.527. The molecular formula is C26H31N5O2. The van der Waals surface area contributed by atoms with Crippen LogP contribution >= 0.6 is 0 Å². The number of amides is 3. The van der Waals surface area contributed by atoms with Crippen molar-refractivity contribution in [2.45, 2.75) is 44.7 Å². The molecule has 2 unspecified atom stereocenters. The van der Waals surface area contributed by atoms with Gasteiger partial charge >= 0.3 is 6.03 Å². The first-order valence-electron chi connectivity index (χ1n) is 11.5. The van der Waals surface area contributed by atoms with Crippen molar-refractivity contribution >= 4 is 11.9 Å². The molecule has 3 N–H and O–H groups in total. The largest absolute Gasteiger partial charge is 0.343 e. The Balaban J connectivity index is 1.27. The second-order valence-corrected chi connectivity index (χ2v) is 8.64. The third-order valence-corrected chi connectivity index (χ3v) is 6.39. The van der Waals surface area contributed by atoms with Crippen molar-refractivity contribution in [3.8, 4) is 0 Å². The Morgan fingerprint density at radius 1 is 0.939 bits per heavy atom. The Bertz CT molecular complexity index is 1040. The van der Waals surface area contributed by atoms with E-state index in [1.807, 2.05) is 49.1 Å². The molecule has 7 heteroatoms. The van der Waals surface area contributed by atoms with Gasteiger partial charge in [-0.05, 0) is 49.3 Å². The van der Waals surface area contributed by atoms with Crippen molar-refractivity contribution in [2.75, 3.05) is 13.1 Å². The predicted molar refractivity (Wildman–Crippen MR) is 128 cm³/mol. The lowest BCUT2D eigenvalue weighted by Gasteiger charge is -2.33. The molecule has 3 aromatic rings. The van der Waals surface area contributed by atoms with Gasteiger partial charge in [0, 0.05) is 25.5 Å². The zero-order chi connectivity index (χ0) is 23.2. The molecule has 7 nitrogen and oxygen atoms in total. The number of imidazole rings is 1. The third-order valence-electron chi connectivity index (χ3n) is 6.39. The van der Waals surface area contributed by atoms with Crippen LogP contribution in [0.25, 0.3) is 0 Å². The lowest BCUT2D eigenvalue weighted by molar-refractivity contribution is 0.0930. The van der Waals surface area contributed by atoms with E-state index in [-0.39, 0.29) is 24.0 Å². The maximum atomic E-state index is 12.7. The van der Waals surface area contributed by atoms with Crippen molar-refractivity contribution in [2.24, 2.45) is 0 Å². The highest BCUT2D eigenvalue weighted by Gasteiger charge is 2.25. The first kappa shape index (κ1) is 22.6. The van der Waals surface area contributed by atoms with Crippen LogP contribution in [0.5, 0.6) is 0 Å². The average Bonchev–Trinajstić information content (AvgIpc) is 3.40. The summed E-state index contributed by atoms with van der Waals surface area (Å²) >= 11 is 0. The van der Waals surface area contributed by atoms with Gasteiger partial charge in [-0.1, -0.05) is 54.6 Å². The Morgan fingerprint density at radius 3 is 2.21 bits per heavy atom. The highest BCUT2D eigenvalue weighted by Crippen LogP contribution is 2.29. The molecule has 2 atom stereocenters. The van der Waals surface area contributed by atoms with Gasteiger partial charge in [-0.15, -0.1) is 0 Å². The van der Waals surface area contributed by atoms with Crippen LogP contribution in [0.1, 0.15) is 72.0 Å². The standard InChI is InChI=1S/C26H31N5O2/c1-18(29-25(32)24-27-14-15-28-24)21-8-10-22(11-9-21)23-12-16-31(17-13-23)26(33)30-19(2)20-6-4-3-5-7-20/h3-11,14-15,18-19,23H,12-13,16-17H2,1-2H3,(H,27,28)(H,29,32)(H,30,33). The summed E-state index contributed by atoms with van der Waals surface area (Å²) in [6.07, 6.45) is 5.08. The van der Waals surface area contributed by atoms with Crippen LogP contribution in [0.2, 0.25) is 0 Å². The number of carbonyl (C=O) groups is 2. The van der Waals surface area contributed by atoms with Crippen LogP contribution in [0.4, 0.5) is 4.79 Å². The third kappa shape index (κ3) is 5.61. The minimum Gasteiger partial charge on any atom is -0.343 e. The lowest BCUT2D eigenvalue weighted by Crippen LogP contribution is -2.44. The quantitative estimate of drug-likeness (QED) is 0.520. The molecule has 2 heterocycles. The van der Waals surface area contributed by atoms with Gasteiger partial charge in [0.2, 0.25) is 0 Å². The second-order valence-electron chi connectivity index (χ2n) is 8.64. The number of hydrogen-bond acceptors (Lipinski definition) is 3. The van der Waals surface area contributed by atoms with E-state index in [2.05, 4.69) is 44.9 Å². The molecule has 0 bridgehead atoms. The molecule has 4 rings (SSSR count). The predicted octanol–water partition coefficient (Wildman–Crippen LogP) is 4.55. The summed E-state index contributed by atoms with van der Waals surface area (Å²) < 4.78 is 0. The molecule has 1 saturated heterocycles. The Morgan fingerprint density at radius 2 is 1.58 bits per heavy atom. The average molecular weight is 446 g/mol. The number of piperidine rings is 1. The molecule has 0 radical (unpaired) electrons. The number of hydrogen-bond donors (Lipinski definition) is 3. The monoisotopic (exact) mass is 445 g/mol. The van der Waals surface area contributed by atoms with Gasteiger partial charge in [0.1, 0.15) is 0 Å². The fraction of sp³-hybridized carbons (Fsp3) is 0.346. The zero-order valence-electron chi connectivity index (χ0n) is 19.1. The number of aromatic nitrogens is 2. The molecule has 2 aromatic carbocycles. The smallest absolute Gasteiger partial charge is 0.317 e. The van der Waals surface area contributed by atoms with Crippen molar-refractivity contribution in [3.63, 3.8) is 0 Å². The molecule has 1 aromatic heterocycles. The van der Waals surface area contributed by atoms with Crippen LogP contribution in [0.3, 0.4) is 0 Å². The molecule has 0 aliphatic carbocycles. The van der Waals surface area contributed by atoms with Gasteiger partial charge in [-0.2, -0.15) is 0 Å². The van der Waals surface area contributed by atoms with Crippen LogP contribution in [-0.2, 0) is 0 Å². The highest BCUT2D eigenvalue weighted by atomic mass is 16.2. The number of aromatic amines is 1. The highest BCUT2D eigenvalue weighted by molar-refractivity contribution is 5.90. The maximum absolute atomic E-state index is 12.7. The Kier molecular flexibility index (Phi) is 7.07. The van der Waals surface area contributed by atoms with E-state index in [9.17, 15) is 9.59 Å². The van der Waals surface area contributed by atoms with Gasteiger partial charge in [0.15, 0.2) is 5.82 Å². The normalized spacial score (nSPS) is 16.1. The first-order valence-corrected chi connectivity index (χ1v) is 11.5. The summed E-state index contributed by atoms with van der Waals surface area (Å²) in [4.78, 5) is 33.6. The van der Waals surface area contributed by atoms with Gasteiger partial charge in [0.25, 0.3) is 5.91 Å². The van der Waals surface area contributed by atoms with E-state index in [1.165, 1.54) is 5.56 Å². The number of carbonyl (C=O) groups excluding carboxylic acids is 2. The van der Waals surface area contributed by atoms with Crippen LogP contribution < -0.4 is 10.6 Å². The van der Waals surface area contributed by atoms with Crippen molar-refractivity contribution < 1.29 is 9.59 Å². The number of nitrogens with one attached hydrogen (secondary N) is 3. The summed E-state index contributed by atoms with van der Waals surface area (Å²) in [5, 5.41) is 6.07. The minimum absolute atomic E-state index is 0.00118. The fourth-order valence-corrected chi connectivity index (χ4v) is 4.31. The SMILES string of the molecule is CC(NC(=O)c1ncc[nH]1)c1ccc(C2CCN(C(=O)NC(C)c3ccccc3)CC2)cc1. The summed E-state index contributed by atoms with van der Waals surface area (Å²) in [6.45, 7) is 5.47. The van der Waals surface area contributed by atoms with E-state index >= 15 is 0 Å². The number of likely N-dealkylation sites (tertiary alicyclic amines) is 1. The zero-order valence-corrected chi connectivity index (χ0v) is 19.1. The van der Waals surface area contributed by atoms with Crippen LogP contribution in [-0.4, -0.2) is 39.9 Å². The number of urea groups is 1. The lowest BCUT2D eigenvalue weighted by atomic mass is 9.88. The molecule has 1 fully saturated rings. The van der Waals surface area contributed by atoms with Gasteiger partial charge < -0.3 is 20.5 Å². The summed E-state index contributed by atoms with van der Waals surface area (Å²) in [6, 6.07) is 18.3. The molecule has 1 aliphatic heterocycles. The van der Waals surface area contributed by atoms with Gasteiger partial charge in [-0.25, -0.2) is 9.78 Å². The number of nitrogens with zero attached hydrogens (tertiary/aromatic N) is 2. The number of H-pyrrole nitrogens is 1. The first-order chi connectivity index (χ1) is 16.0. The molecular weight excluding hydrogens is 414 g/mol. The van der Waals surface area contributed by atoms with Crippen molar-refractivity contribution in [1.29, 1.82) is 0 Å².